The van der Waals surface area contributed by atoms with Crippen molar-refractivity contribution in [2.45, 2.75) is 12.6 Å². The first kappa shape index (κ1) is 10.2. The van der Waals surface area contributed by atoms with E-state index in [9.17, 15) is 4.79 Å². The molecule has 0 saturated carbocycles. The molecule has 0 spiro atoms. The van der Waals surface area contributed by atoms with E-state index in [0.29, 0.717) is 19.8 Å². The van der Waals surface area contributed by atoms with Crippen LogP contribution in [0.2, 0.25) is 0 Å². The molecule has 0 radical (unpaired) electrons. The molecule has 1 aromatic rings. The van der Waals surface area contributed by atoms with Gasteiger partial charge in [0.05, 0.1) is 31.9 Å². The Morgan fingerprint density at radius 1 is 1.60 bits per heavy atom. The molecule has 5 heteroatoms. The molecule has 1 aromatic heterocycles. The van der Waals surface area contributed by atoms with Crippen LogP contribution in [0.4, 0.5) is 0 Å². The summed E-state index contributed by atoms with van der Waals surface area (Å²) >= 11 is 0. The second kappa shape index (κ2) is 4.46. The van der Waals surface area contributed by atoms with E-state index in [1.165, 1.54) is 0 Å². The molecule has 0 aromatic carbocycles. The van der Waals surface area contributed by atoms with Crippen molar-refractivity contribution < 1.29 is 13.9 Å². The SMILES string of the molecule is NC1COCC1C(=O)NCc1ccco1. The summed E-state index contributed by atoms with van der Waals surface area (Å²) in [4.78, 5) is 11.6. The molecule has 2 unspecified atom stereocenters. The van der Waals surface area contributed by atoms with E-state index in [-0.39, 0.29) is 17.9 Å². The molecule has 2 heterocycles. The van der Waals surface area contributed by atoms with Crippen LogP contribution in [0, 0.1) is 5.92 Å². The predicted molar refractivity (Wildman–Crippen MR) is 52.8 cm³/mol. The van der Waals surface area contributed by atoms with Gasteiger partial charge in [-0.2, -0.15) is 0 Å². The summed E-state index contributed by atoms with van der Waals surface area (Å²) < 4.78 is 10.2. The summed E-state index contributed by atoms with van der Waals surface area (Å²) in [6.45, 7) is 1.26. The number of carbonyl (C=O) groups excluding carboxylic acids is 1. The Morgan fingerprint density at radius 2 is 2.47 bits per heavy atom. The fourth-order valence-electron chi connectivity index (χ4n) is 1.56. The average Bonchev–Trinajstić information content (AvgIpc) is 2.84. The first-order chi connectivity index (χ1) is 7.27. The molecule has 15 heavy (non-hydrogen) atoms. The highest BCUT2D eigenvalue weighted by molar-refractivity contribution is 5.79. The third-order valence-electron chi connectivity index (χ3n) is 2.48. The second-order valence-electron chi connectivity index (χ2n) is 3.60. The molecule has 1 aliphatic rings. The number of nitrogens with one attached hydrogen (secondary N) is 1. The molecule has 1 saturated heterocycles. The van der Waals surface area contributed by atoms with Crippen molar-refractivity contribution in [3.63, 3.8) is 0 Å². The molecule has 1 amide bonds. The van der Waals surface area contributed by atoms with E-state index in [2.05, 4.69) is 5.32 Å². The third kappa shape index (κ3) is 2.37. The van der Waals surface area contributed by atoms with Crippen molar-refractivity contribution in [1.82, 2.24) is 5.32 Å². The number of hydrogen-bond acceptors (Lipinski definition) is 4. The van der Waals surface area contributed by atoms with Gasteiger partial charge in [-0.15, -0.1) is 0 Å². The Morgan fingerprint density at radius 3 is 3.07 bits per heavy atom. The topological polar surface area (TPSA) is 77.5 Å². The fourth-order valence-corrected chi connectivity index (χ4v) is 1.56. The summed E-state index contributed by atoms with van der Waals surface area (Å²) in [7, 11) is 0. The molecule has 0 bridgehead atoms. The van der Waals surface area contributed by atoms with Crippen molar-refractivity contribution in [1.29, 1.82) is 0 Å². The van der Waals surface area contributed by atoms with Crippen LogP contribution >= 0.6 is 0 Å². The van der Waals surface area contributed by atoms with Gasteiger partial charge in [0.1, 0.15) is 5.76 Å². The predicted octanol–water partition coefficient (Wildman–Crippen LogP) is -0.130. The quantitative estimate of drug-likeness (QED) is 0.728. The van der Waals surface area contributed by atoms with Gasteiger partial charge in [-0.3, -0.25) is 4.79 Å². The smallest absolute Gasteiger partial charge is 0.227 e. The van der Waals surface area contributed by atoms with Gasteiger partial charge in [0.2, 0.25) is 5.91 Å². The molecule has 0 aliphatic carbocycles. The van der Waals surface area contributed by atoms with Gasteiger partial charge in [-0.05, 0) is 12.1 Å². The number of amides is 1. The molecule has 2 rings (SSSR count). The van der Waals surface area contributed by atoms with Gasteiger partial charge in [0.25, 0.3) is 0 Å². The lowest BCUT2D eigenvalue weighted by Crippen LogP contribution is -2.40. The highest BCUT2D eigenvalue weighted by Crippen LogP contribution is 2.11. The molecule has 2 atom stereocenters. The van der Waals surface area contributed by atoms with Gasteiger partial charge in [0.15, 0.2) is 0 Å². The lowest BCUT2D eigenvalue weighted by Gasteiger charge is -2.12. The van der Waals surface area contributed by atoms with Crippen LogP contribution in [0.15, 0.2) is 22.8 Å². The summed E-state index contributed by atoms with van der Waals surface area (Å²) in [5, 5.41) is 2.76. The number of rotatable bonds is 3. The standard InChI is InChI=1S/C10H14N2O3/c11-9-6-14-5-8(9)10(13)12-4-7-2-1-3-15-7/h1-3,8-9H,4-6,11H2,(H,12,13). The zero-order valence-corrected chi connectivity index (χ0v) is 8.31. The Bertz CT molecular complexity index is 323. The fraction of sp³-hybridized carbons (Fsp3) is 0.500. The maximum atomic E-state index is 11.6. The Hall–Kier alpha value is -1.33. The van der Waals surface area contributed by atoms with Gasteiger partial charge < -0.3 is 20.2 Å². The summed E-state index contributed by atoms with van der Waals surface area (Å²) in [6, 6.07) is 3.40. The van der Waals surface area contributed by atoms with E-state index >= 15 is 0 Å². The van der Waals surface area contributed by atoms with E-state index < -0.39 is 0 Å². The molecule has 5 nitrogen and oxygen atoms in total. The summed E-state index contributed by atoms with van der Waals surface area (Å²) in [5.74, 6) is 0.423. The van der Waals surface area contributed by atoms with Gasteiger partial charge in [0, 0.05) is 6.04 Å². The van der Waals surface area contributed by atoms with E-state index in [4.69, 9.17) is 14.9 Å². The third-order valence-corrected chi connectivity index (χ3v) is 2.48. The van der Waals surface area contributed by atoms with E-state index in [0.717, 1.165) is 5.76 Å². The Labute approximate surface area is 87.6 Å². The maximum Gasteiger partial charge on any atom is 0.227 e. The average molecular weight is 210 g/mol. The second-order valence-corrected chi connectivity index (χ2v) is 3.60. The molecule has 82 valence electrons. The Kier molecular flexibility index (Phi) is 3.03. The summed E-state index contributed by atoms with van der Waals surface area (Å²) in [5.41, 5.74) is 5.72. The van der Waals surface area contributed by atoms with Crippen LogP contribution in [0.25, 0.3) is 0 Å². The first-order valence-corrected chi connectivity index (χ1v) is 4.91. The number of hydrogen-bond donors (Lipinski definition) is 2. The maximum absolute atomic E-state index is 11.6. The monoisotopic (exact) mass is 210 g/mol. The zero-order chi connectivity index (χ0) is 10.7. The largest absolute Gasteiger partial charge is 0.467 e. The first-order valence-electron chi connectivity index (χ1n) is 4.91. The van der Waals surface area contributed by atoms with Gasteiger partial charge in [-0.1, -0.05) is 0 Å². The lowest BCUT2D eigenvalue weighted by molar-refractivity contribution is -0.125. The van der Waals surface area contributed by atoms with E-state index in [1.54, 1.807) is 12.3 Å². The number of nitrogens with two attached hydrogens (primary N) is 1. The minimum atomic E-state index is -0.236. The molecule has 3 N–H and O–H groups in total. The van der Waals surface area contributed by atoms with Crippen molar-refractivity contribution >= 4 is 5.91 Å². The highest BCUT2D eigenvalue weighted by atomic mass is 16.5. The molecule has 1 aliphatic heterocycles. The van der Waals surface area contributed by atoms with Gasteiger partial charge >= 0.3 is 0 Å². The normalized spacial score (nSPS) is 25.4. The minimum absolute atomic E-state index is 0.0728. The zero-order valence-electron chi connectivity index (χ0n) is 8.31. The van der Waals surface area contributed by atoms with Crippen LogP contribution < -0.4 is 11.1 Å². The van der Waals surface area contributed by atoms with Crippen LogP contribution in [0.3, 0.4) is 0 Å². The van der Waals surface area contributed by atoms with Crippen molar-refractivity contribution in [2.24, 2.45) is 11.7 Å². The van der Waals surface area contributed by atoms with Crippen molar-refractivity contribution in [3.8, 4) is 0 Å². The molecule has 1 fully saturated rings. The van der Waals surface area contributed by atoms with Crippen LogP contribution in [0.1, 0.15) is 5.76 Å². The van der Waals surface area contributed by atoms with Crippen molar-refractivity contribution in [2.75, 3.05) is 13.2 Å². The highest BCUT2D eigenvalue weighted by Gasteiger charge is 2.31. The van der Waals surface area contributed by atoms with E-state index in [1.807, 2.05) is 6.07 Å². The van der Waals surface area contributed by atoms with Gasteiger partial charge in [-0.25, -0.2) is 0 Å². The lowest BCUT2D eigenvalue weighted by atomic mass is 10.0. The molecular formula is C10H14N2O3. The molecular weight excluding hydrogens is 196 g/mol. The van der Waals surface area contributed by atoms with Crippen LogP contribution in [-0.4, -0.2) is 25.2 Å². The van der Waals surface area contributed by atoms with Crippen molar-refractivity contribution in [3.05, 3.63) is 24.2 Å². The van der Waals surface area contributed by atoms with Crippen LogP contribution in [0.5, 0.6) is 0 Å². The number of furan rings is 1. The number of ether oxygens (including phenoxy) is 1. The number of carbonyl (C=O) groups is 1. The minimum Gasteiger partial charge on any atom is -0.467 e. The van der Waals surface area contributed by atoms with Crippen LogP contribution in [-0.2, 0) is 16.1 Å². The summed E-state index contributed by atoms with van der Waals surface area (Å²) in [6.07, 6.45) is 1.58. The Balaban J connectivity index is 1.82.